The average molecular weight is 162 g/mol. The van der Waals surface area contributed by atoms with E-state index in [1.54, 1.807) is 0 Å². The largest absolute Gasteiger partial charge is 0.721 e. The Balaban J connectivity index is 2.91. The Bertz CT molecular complexity index is 107. The molecule has 0 aliphatic heterocycles. The predicted molar refractivity (Wildman–Crippen MR) is 42.6 cm³/mol. The van der Waals surface area contributed by atoms with E-state index < -0.39 is 7.47 Å². The highest BCUT2D eigenvalue weighted by molar-refractivity contribution is 6.34. The summed E-state index contributed by atoms with van der Waals surface area (Å²) in [4.78, 5) is 0. The van der Waals surface area contributed by atoms with Crippen molar-refractivity contribution in [1.82, 2.24) is 0 Å². The summed E-state index contributed by atoms with van der Waals surface area (Å²) in [5.41, 5.74) is 0. The van der Waals surface area contributed by atoms with Gasteiger partial charge in [0.25, 0.3) is 0 Å². The molecule has 0 rings (SSSR count). The second kappa shape index (κ2) is 7.73. The minimum atomic E-state index is -2.61. The Kier molecular flexibility index (Phi) is 7.47. The molecule has 0 saturated heterocycles. The SMILES string of the molecule is C/C=C/CCCCOB(F)F. The standard InChI is InChI=1S/C7H13BF2O/c1-2-3-4-5-6-7-11-8(9)10/h2-3H,4-7H2,1H3/b3-2+. The van der Waals surface area contributed by atoms with Crippen LogP contribution in [0.2, 0.25) is 0 Å². The fraction of sp³-hybridized carbons (Fsp3) is 0.714. The number of hydrogen-bond donors (Lipinski definition) is 0. The Morgan fingerprint density at radius 1 is 1.36 bits per heavy atom. The van der Waals surface area contributed by atoms with E-state index in [1.165, 1.54) is 0 Å². The number of halogens is 2. The highest BCUT2D eigenvalue weighted by Crippen LogP contribution is 1.98. The van der Waals surface area contributed by atoms with Gasteiger partial charge in [-0.3, -0.25) is 8.63 Å². The van der Waals surface area contributed by atoms with Crippen LogP contribution >= 0.6 is 0 Å². The monoisotopic (exact) mass is 162 g/mol. The maximum Gasteiger partial charge on any atom is 0.721 e. The summed E-state index contributed by atoms with van der Waals surface area (Å²) in [6.45, 7) is 2.10. The van der Waals surface area contributed by atoms with Crippen LogP contribution in [0, 0.1) is 0 Å². The van der Waals surface area contributed by atoms with Crippen molar-refractivity contribution in [3.05, 3.63) is 12.2 Å². The van der Waals surface area contributed by atoms with Gasteiger partial charge >= 0.3 is 7.47 Å². The van der Waals surface area contributed by atoms with Crippen LogP contribution in [0.4, 0.5) is 8.63 Å². The van der Waals surface area contributed by atoms with Gasteiger partial charge < -0.3 is 4.65 Å². The summed E-state index contributed by atoms with van der Waals surface area (Å²) in [6.07, 6.45) is 6.53. The molecule has 0 aromatic carbocycles. The molecule has 0 aliphatic carbocycles. The maximum atomic E-state index is 11.4. The van der Waals surface area contributed by atoms with Crippen LogP contribution < -0.4 is 0 Å². The summed E-state index contributed by atoms with van der Waals surface area (Å²) in [7, 11) is -2.61. The van der Waals surface area contributed by atoms with Gasteiger partial charge in [0.2, 0.25) is 0 Å². The topological polar surface area (TPSA) is 9.23 Å². The van der Waals surface area contributed by atoms with Gasteiger partial charge in [-0.1, -0.05) is 12.2 Å². The lowest BCUT2D eigenvalue weighted by molar-refractivity contribution is 0.249. The smallest absolute Gasteiger partial charge is 0.379 e. The van der Waals surface area contributed by atoms with Crippen molar-refractivity contribution in [3.63, 3.8) is 0 Å². The zero-order chi connectivity index (χ0) is 8.53. The zero-order valence-electron chi connectivity index (χ0n) is 6.72. The van der Waals surface area contributed by atoms with Crippen molar-refractivity contribution >= 4 is 7.47 Å². The molecule has 64 valence electrons. The normalized spacial score (nSPS) is 10.8. The van der Waals surface area contributed by atoms with Crippen LogP contribution in [0.5, 0.6) is 0 Å². The Morgan fingerprint density at radius 2 is 2.09 bits per heavy atom. The Labute approximate surface area is 66.6 Å². The van der Waals surface area contributed by atoms with E-state index >= 15 is 0 Å². The average Bonchev–Trinajstić information content (AvgIpc) is 1.96. The molecule has 0 aromatic rings. The molecule has 0 atom stereocenters. The van der Waals surface area contributed by atoms with Gasteiger partial charge in [0.1, 0.15) is 0 Å². The van der Waals surface area contributed by atoms with E-state index in [0.29, 0.717) is 6.42 Å². The predicted octanol–water partition coefficient (Wildman–Crippen LogP) is 2.67. The molecule has 0 aromatic heterocycles. The fourth-order valence-electron chi connectivity index (χ4n) is 0.703. The molecular formula is C7H13BF2O. The third kappa shape index (κ3) is 9.62. The van der Waals surface area contributed by atoms with Gasteiger partial charge in [-0.15, -0.1) is 0 Å². The number of hydrogen-bond acceptors (Lipinski definition) is 1. The first-order chi connectivity index (χ1) is 5.27. The van der Waals surface area contributed by atoms with E-state index in [-0.39, 0.29) is 6.61 Å². The lowest BCUT2D eigenvalue weighted by Crippen LogP contribution is -2.05. The first-order valence-corrected chi connectivity index (χ1v) is 3.78. The van der Waals surface area contributed by atoms with E-state index in [2.05, 4.69) is 4.65 Å². The summed E-state index contributed by atoms with van der Waals surface area (Å²) in [6, 6.07) is 0. The number of unbranched alkanes of at least 4 members (excludes halogenated alkanes) is 2. The van der Waals surface area contributed by atoms with E-state index in [1.807, 2.05) is 19.1 Å². The van der Waals surface area contributed by atoms with Crippen LogP contribution in [0.3, 0.4) is 0 Å². The van der Waals surface area contributed by atoms with Gasteiger partial charge in [-0.2, -0.15) is 0 Å². The van der Waals surface area contributed by atoms with Crippen molar-refractivity contribution in [2.45, 2.75) is 26.2 Å². The first kappa shape index (κ1) is 10.6. The molecule has 0 spiro atoms. The van der Waals surface area contributed by atoms with E-state index in [0.717, 1.165) is 12.8 Å². The third-order valence-electron chi connectivity index (χ3n) is 1.24. The van der Waals surface area contributed by atoms with Crippen LogP contribution in [-0.2, 0) is 4.65 Å². The van der Waals surface area contributed by atoms with Crippen LogP contribution in [-0.4, -0.2) is 14.1 Å². The summed E-state index contributed by atoms with van der Waals surface area (Å²) in [5, 5.41) is 0. The molecule has 0 unspecified atom stereocenters. The second-order valence-corrected chi connectivity index (χ2v) is 2.20. The highest BCUT2D eigenvalue weighted by Gasteiger charge is 2.12. The zero-order valence-corrected chi connectivity index (χ0v) is 6.72. The molecule has 0 fully saturated rings. The fourth-order valence-corrected chi connectivity index (χ4v) is 0.703. The minimum Gasteiger partial charge on any atom is -0.379 e. The molecule has 1 nitrogen and oxygen atoms in total. The molecule has 0 amide bonds. The minimum absolute atomic E-state index is 0.162. The number of allylic oxidation sites excluding steroid dienone is 2. The molecular weight excluding hydrogens is 149 g/mol. The van der Waals surface area contributed by atoms with Gasteiger partial charge in [-0.25, -0.2) is 0 Å². The maximum absolute atomic E-state index is 11.4. The van der Waals surface area contributed by atoms with Crippen LogP contribution in [0.1, 0.15) is 26.2 Å². The van der Waals surface area contributed by atoms with Crippen LogP contribution in [0.25, 0.3) is 0 Å². The highest BCUT2D eigenvalue weighted by atomic mass is 19.2. The van der Waals surface area contributed by atoms with Crippen molar-refractivity contribution < 1.29 is 13.3 Å². The molecule has 4 heteroatoms. The summed E-state index contributed by atoms with van der Waals surface area (Å²) in [5.74, 6) is 0. The van der Waals surface area contributed by atoms with Crippen molar-refractivity contribution in [2.24, 2.45) is 0 Å². The van der Waals surface area contributed by atoms with E-state index in [4.69, 9.17) is 0 Å². The summed E-state index contributed by atoms with van der Waals surface area (Å²) < 4.78 is 26.8. The summed E-state index contributed by atoms with van der Waals surface area (Å²) >= 11 is 0. The Hall–Kier alpha value is -0.375. The van der Waals surface area contributed by atoms with Gasteiger partial charge in [0.05, 0.1) is 0 Å². The number of rotatable bonds is 6. The van der Waals surface area contributed by atoms with E-state index in [9.17, 15) is 8.63 Å². The van der Waals surface area contributed by atoms with Crippen molar-refractivity contribution in [1.29, 1.82) is 0 Å². The Morgan fingerprint density at radius 3 is 2.64 bits per heavy atom. The van der Waals surface area contributed by atoms with Gasteiger partial charge in [0.15, 0.2) is 0 Å². The molecule has 0 radical (unpaired) electrons. The first-order valence-electron chi connectivity index (χ1n) is 3.78. The van der Waals surface area contributed by atoms with Crippen molar-refractivity contribution in [2.75, 3.05) is 6.61 Å². The lowest BCUT2D eigenvalue weighted by atomic mass is 10.2. The quantitative estimate of drug-likeness (QED) is 0.331. The van der Waals surface area contributed by atoms with Gasteiger partial charge in [0, 0.05) is 6.61 Å². The van der Waals surface area contributed by atoms with Gasteiger partial charge in [-0.05, 0) is 26.2 Å². The molecule has 0 saturated carbocycles. The molecule has 11 heavy (non-hydrogen) atoms. The molecule has 0 aliphatic rings. The van der Waals surface area contributed by atoms with Crippen molar-refractivity contribution in [3.8, 4) is 0 Å². The third-order valence-corrected chi connectivity index (χ3v) is 1.24. The second-order valence-electron chi connectivity index (χ2n) is 2.20. The lowest BCUT2D eigenvalue weighted by Gasteiger charge is -1.97. The van der Waals surface area contributed by atoms with Crippen LogP contribution in [0.15, 0.2) is 12.2 Å². The molecule has 0 N–H and O–H groups in total. The molecule has 0 heterocycles. The molecule has 0 bridgehead atoms.